The van der Waals surface area contributed by atoms with Gasteiger partial charge in [0.25, 0.3) is 0 Å². The summed E-state index contributed by atoms with van der Waals surface area (Å²) in [6.07, 6.45) is -0.338. The lowest BCUT2D eigenvalue weighted by Crippen LogP contribution is -2.42. The summed E-state index contributed by atoms with van der Waals surface area (Å²) in [7, 11) is -1.97. The predicted octanol–water partition coefficient (Wildman–Crippen LogP) is 4.89. The molecule has 1 rings (SSSR count). The number of hydrogen-bond acceptors (Lipinski definition) is 2. The molecule has 3 heteroatoms. The molecule has 0 amide bonds. The van der Waals surface area contributed by atoms with Gasteiger partial charge >= 0.3 is 0 Å². The van der Waals surface area contributed by atoms with E-state index in [2.05, 4.69) is 40.4 Å². The number of benzene rings is 1. The molecule has 0 aromatic heterocycles. The topological polar surface area (TPSA) is 26.3 Å². The van der Waals surface area contributed by atoms with Crippen LogP contribution in [0.15, 0.2) is 42.5 Å². The third kappa shape index (κ3) is 3.90. The van der Waals surface area contributed by atoms with Crippen LogP contribution in [-0.2, 0) is 9.22 Å². The summed E-state index contributed by atoms with van der Waals surface area (Å²) in [5.74, 6) is -0.0161. The van der Waals surface area contributed by atoms with Crippen LogP contribution in [0.1, 0.15) is 39.4 Å². The van der Waals surface area contributed by atoms with Gasteiger partial charge in [0, 0.05) is 5.57 Å². The number of carbonyl (C=O) groups is 1. The van der Waals surface area contributed by atoms with Crippen LogP contribution in [0.5, 0.6) is 0 Å². The van der Waals surface area contributed by atoms with Gasteiger partial charge in [-0.2, -0.15) is 0 Å². The normalized spacial score (nSPS) is 13.9. The Kier molecular flexibility index (Phi) is 5.11. The Bertz CT molecular complexity index is 483. The number of ketones is 1. The van der Waals surface area contributed by atoms with E-state index in [0.717, 1.165) is 5.56 Å². The molecule has 0 fully saturated rings. The van der Waals surface area contributed by atoms with Crippen molar-refractivity contribution < 1.29 is 9.22 Å². The first-order valence-corrected chi connectivity index (χ1v) is 9.89. The molecule has 0 N–H and O–H groups in total. The predicted molar refractivity (Wildman–Crippen MR) is 87.3 cm³/mol. The monoisotopic (exact) mass is 290 g/mol. The van der Waals surface area contributed by atoms with Crippen LogP contribution >= 0.6 is 0 Å². The van der Waals surface area contributed by atoms with E-state index < -0.39 is 8.32 Å². The number of rotatable bonds is 5. The van der Waals surface area contributed by atoms with Crippen molar-refractivity contribution in [1.82, 2.24) is 0 Å². The average Bonchev–Trinajstić information content (AvgIpc) is 2.34. The number of hydrogen-bond donors (Lipinski definition) is 0. The van der Waals surface area contributed by atoms with E-state index in [1.54, 1.807) is 6.92 Å². The summed E-state index contributed by atoms with van der Waals surface area (Å²) in [4.78, 5) is 11.7. The third-order valence-electron chi connectivity index (χ3n) is 4.09. The van der Waals surface area contributed by atoms with Crippen molar-refractivity contribution in [3.8, 4) is 0 Å². The van der Waals surface area contributed by atoms with E-state index in [1.165, 1.54) is 0 Å². The maximum atomic E-state index is 11.7. The van der Waals surface area contributed by atoms with Crippen LogP contribution in [0.4, 0.5) is 0 Å². The highest BCUT2D eigenvalue weighted by atomic mass is 28.4. The first-order chi connectivity index (χ1) is 9.06. The minimum Gasteiger partial charge on any atom is -0.406 e. The highest BCUT2D eigenvalue weighted by Gasteiger charge is 2.40. The average molecular weight is 290 g/mol. The fraction of sp³-hybridized carbons (Fsp3) is 0.471. The van der Waals surface area contributed by atoms with Crippen LogP contribution in [0.2, 0.25) is 18.1 Å². The SMILES string of the molecule is C=C(C(C)=O)C(O[Si](C)(C)C(C)(C)C)c1ccccc1. The third-order valence-corrected chi connectivity index (χ3v) is 8.53. The molecule has 20 heavy (non-hydrogen) atoms. The first-order valence-electron chi connectivity index (χ1n) is 6.99. The summed E-state index contributed by atoms with van der Waals surface area (Å²) in [5.41, 5.74) is 1.53. The van der Waals surface area contributed by atoms with Gasteiger partial charge < -0.3 is 4.43 Å². The minimum absolute atomic E-state index is 0.0161. The van der Waals surface area contributed by atoms with Crippen molar-refractivity contribution in [2.45, 2.75) is 51.9 Å². The van der Waals surface area contributed by atoms with Crippen LogP contribution in [0.25, 0.3) is 0 Å². The van der Waals surface area contributed by atoms with Crippen molar-refractivity contribution in [2.75, 3.05) is 0 Å². The minimum atomic E-state index is -1.97. The zero-order valence-electron chi connectivity index (χ0n) is 13.5. The molecule has 110 valence electrons. The van der Waals surface area contributed by atoms with Gasteiger partial charge in [-0.3, -0.25) is 4.79 Å². The van der Waals surface area contributed by atoms with E-state index in [1.807, 2.05) is 30.3 Å². The van der Waals surface area contributed by atoms with Gasteiger partial charge in [0.05, 0.1) is 6.10 Å². The van der Waals surface area contributed by atoms with Gasteiger partial charge in [-0.25, -0.2) is 0 Å². The maximum absolute atomic E-state index is 11.7. The first kappa shape index (κ1) is 16.9. The molecule has 0 saturated carbocycles. The molecule has 1 aromatic rings. The zero-order valence-corrected chi connectivity index (χ0v) is 14.5. The molecule has 0 spiro atoms. The highest BCUT2D eigenvalue weighted by molar-refractivity contribution is 6.74. The van der Waals surface area contributed by atoms with Gasteiger partial charge in [0.1, 0.15) is 0 Å². The summed E-state index contributed by atoms with van der Waals surface area (Å²) in [5, 5.41) is 0.0943. The second-order valence-corrected chi connectivity index (χ2v) is 11.5. The Balaban J connectivity index is 3.14. The molecule has 0 aliphatic heterocycles. The van der Waals surface area contributed by atoms with Crippen molar-refractivity contribution in [1.29, 1.82) is 0 Å². The molecule has 1 atom stereocenters. The molecule has 0 aliphatic rings. The second-order valence-electron chi connectivity index (χ2n) is 6.75. The Morgan fingerprint density at radius 2 is 1.70 bits per heavy atom. The van der Waals surface area contributed by atoms with E-state index in [4.69, 9.17) is 4.43 Å². The second kappa shape index (κ2) is 6.06. The fourth-order valence-electron chi connectivity index (χ4n) is 1.62. The lowest BCUT2D eigenvalue weighted by Gasteiger charge is -2.39. The summed E-state index contributed by atoms with van der Waals surface area (Å²) in [6, 6.07) is 9.87. The van der Waals surface area contributed by atoms with Gasteiger partial charge in [0.15, 0.2) is 14.1 Å². The van der Waals surface area contributed by atoms with E-state index >= 15 is 0 Å². The van der Waals surface area contributed by atoms with Crippen LogP contribution < -0.4 is 0 Å². The van der Waals surface area contributed by atoms with Crippen molar-refractivity contribution >= 4 is 14.1 Å². The van der Waals surface area contributed by atoms with Crippen LogP contribution in [0.3, 0.4) is 0 Å². The summed E-state index contributed by atoms with van der Waals surface area (Å²) in [6.45, 7) is 16.5. The van der Waals surface area contributed by atoms with E-state index in [-0.39, 0.29) is 16.9 Å². The smallest absolute Gasteiger partial charge is 0.193 e. The zero-order chi connectivity index (χ0) is 15.6. The Morgan fingerprint density at radius 1 is 1.20 bits per heavy atom. The van der Waals surface area contributed by atoms with Gasteiger partial charge in [-0.1, -0.05) is 57.7 Å². The molecular weight excluding hydrogens is 264 g/mol. The summed E-state index contributed by atoms with van der Waals surface area (Å²) < 4.78 is 6.43. The van der Waals surface area contributed by atoms with Crippen molar-refractivity contribution in [2.24, 2.45) is 0 Å². The molecule has 0 radical (unpaired) electrons. The molecule has 0 bridgehead atoms. The highest BCUT2D eigenvalue weighted by Crippen LogP contribution is 2.41. The van der Waals surface area contributed by atoms with Crippen molar-refractivity contribution in [3.05, 3.63) is 48.0 Å². The van der Waals surface area contributed by atoms with Gasteiger partial charge in [-0.05, 0) is 30.6 Å². The molecule has 1 aromatic carbocycles. The standard InChI is InChI=1S/C17H26O2Si/c1-13(14(2)18)16(15-11-9-8-10-12-15)19-20(6,7)17(3,4)5/h8-12,16H,1H2,2-7H3. The van der Waals surface area contributed by atoms with Gasteiger partial charge in [0.2, 0.25) is 0 Å². The number of carbonyl (C=O) groups excluding carboxylic acids is 1. The molecule has 2 nitrogen and oxygen atoms in total. The Morgan fingerprint density at radius 3 is 2.10 bits per heavy atom. The number of Topliss-reactive ketones (excluding diaryl/α,β-unsaturated/α-hetero) is 1. The van der Waals surface area contributed by atoms with E-state index in [0.29, 0.717) is 5.57 Å². The molecule has 1 unspecified atom stereocenters. The van der Waals surface area contributed by atoms with Crippen LogP contribution in [-0.4, -0.2) is 14.1 Å². The Labute approximate surface area is 124 Å². The van der Waals surface area contributed by atoms with Gasteiger partial charge in [-0.15, -0.1) is 0 Å². The largest absolute Gasteiger partial charge is 0.406 e. The molecule has 0 saturated heterocycles. The van der Waals surface area contributed by atoms with Crippen molar-refractivity contribution in [3.63, 3.8) is 0 Å². The molecule has 0 aliphatic carbocycles. The Hall–Kier alpha value is -1.19. The summed E-state index contributed by atoms with van der Waals surface area (Å²) >= 11 is 0. The van der Waals surface area contributed by atoms with E-state index in [9.17, 15) is 4.79 Å². The van der Waals surface area contributed by atoms with Crippen LogP contribution in [0, 0.1) is 0 Å². The lowest BCUT2D eigenvalue weighted by molar-refractivity contribution is -0.114. The lowest BCUT2D eigenvalue weighted by atomic mass is 10.0. The molecule has 0 heterocycles. The maximum Gasteiger partial charge on any atom is 0.193 e. The molecular formula is C17H26O2Si. The quantitative estimate of drug-likeness (QED) is 0.570. The fourth-order valence-corrected chi connectivity index (χ4v) is 2.85.